The second kappa shape index (κ2) is 18.4. The van der Waals surface area contributed by atoms with Crippen LogP contribution in [0.5, 0.6) is 11.5 Å². The Balaban J connectivity index is 0.00000124. The van der Waals surface area contributed by atoms with Crippen LogP contribution in [0.3, 0.4) is 0 Å². The van der Waals surface area contributed by atoms with E-state index in [-0.39, 0.29) is 0 Å². The zero-order valence-electron chi connectivity index (χ0n) is 19.5. The zero-order chi connectivity index (χ0) is 24.2. The topological polar surface area (TPSA) is 85.3 Å². The molecule has 1 heterocycles. The predicted octanol–water partition coefficient (Wildman–Crippen LogP) is 3.82. The summed E-state index contributed by atoms with van der Waals surface area (Å²) in [6.07, 6.45) is 6.44. The van der Waals surface area contributed by atoms with Crippen LogP contribution in [0.25, 0.3) is 0 Å². The first kappa shape index (κ1) is 28.6. The Morgan fingerprint density at radius 3 is 2.06 bits per heavy atom. The molecular weight excluding hydrogens is 406 g/mol. The number of aliphatic hydroxyl groups is 1. The molecule has 0 aliphatic carbocycles. The van der Waals surface area contributed by atoms with Crippen LogP contribution in [-0.4, -0.2) is 68.3 Å². The lowest BCUT2D eigenvalue weighted by Crippen LogP contribution is -2.46. The first-order valence-electron chi connectivity index (χ1n) is 10.7. The third-order valence-electron chi connectivity index (χ3n) is 4.62. The molecule has 0 bridgehead atoms. The van der Waals surface area contributed by atoms with E-state index in [9.17, 15) is 5.11 Å². The number of benzene rings is 2. The van der Waals surface area contributed by atoms with E-state index >= 15 is 0 Å². The summed E-state index contributed by atoms with van der Waals surface area (Å²) in [7, 11) is 1.91. The molecule has 0 spiro atoms. The van der Waals surface area contributed by atoms with Crippen LogP contribution in [0.1, 0.15) is 20.3 Å². The second-order valence-electron chi connectivity index (χ2n) is 6.45. The smallest absolute Gasteiger partial charge is 0.119 e. The molecule has 0 radical (unpaired) electrons. The van der Waals surface area contributed by atoms with Crippen molar-refractivity contribution in [3.8, 4) is 24.0 Å². The number of hydrogen-bond donors (Lipinski definition) is 3. The summed E-state index contributed by atoms with van der Waals surface area (Å²) in [6, 6.07) is 15.5. The number of piperazine rings is 1. The Morgan fingerprint density at radius 1 is 1.03 bits per heavy atom. The molecule has 176 valence electrons. The minimum atomic E-state index is 0.322. The Hall–Kier alpha value is -3.37. The first-order valence-corrected chi connectivity index (χ1v) is 10.7. The van der Waals surface area contributed by atoms with Gasteiger partial charge in [-0.15, -0.1) is 0 Å². The average molecular weight is 444 g/mol. The maximum absolute atomic E-state index is 9.38. The minimum absolute atomic E-state index is 0.322. The van der Waals surface area contributed by atoms with Crippen molar-refractivity contribution in [2.45, 2.75) is 20.3 Å². The Bertz CT molecular complexity index is 737. The molecule has 0 aromatic heterocycles. The number of aliphatic hydroxyl groups excluding tert-OH is 1. The van der Waals surface area contributed by atoms with Gasteiger partial charge in [0.25, 0.3) is 0 Å². The van der Waals surface area contributed by atoms with E-state index in [0.717, 1.165) is 57.2 Å². The van der Waals surface area contributed by atoms with Crippen LogP contribution >= 0.6 is 0 Å². The Labute approximate surface area is 192 Å². The molecule has 7 nitrogen and oxygen atoms in total. The fourth-order valence-corrected chi connectivity index (χ4v) is 3.09. The number of ether oxygens (including phenoxy) is 1. The minimum Gasteiger partial charge on any atom is -0.508 e. The van der Waals surface area contributed by atoms with Gasteiger partial charge >= 0.3 is 0 Å². The predicted molar refractivity (Wildman–Crippen MR) is 132 cm³/mol. The van der Waals surface area contributed by atoms with Crippen molar-refractivity contribution < 1.29 is 19.7 Å². The highest BCUT2D eigenvalue weighted by Crippen LogP contribution is 2.20. The number of nitrogens with one attached hydrogen (secondary N) is 1. The molecular formula is C25H37N3O4. The van der Waals surface area contributed by atoms with Gasteiger partial charge in [-0.05, 0) is 55.0 Å². The fourth-order valence-electron chi connectivity index (χ4n) is 3.09. The second-order valence-corrected chi connectivity index (χ2v) is 6.45. The average Bonchev–Trinajstić information content (AvgIpc) is 2.86. The molecule has 7 heteroatoms. The van der Waals surface area contributed by atoms with E-state index in [0.29, 0.717) is 5.75 Å². The molecule has 2 aromatic carbocycles. The number of terminal acetylenes is 1. The molecule has 1 saturated heterocycles. The number of phenols is 1. The van der Waals surface area contributed by atoms with E-state index in [1.54, 1.807) is 12.1 Å². The van der Waals surface area contributed by atoms with Crippen molar-refractivity contribution in [3.05, 3.63) is 48.5 Å². The zero-order valence-corrected chi connectivity index (χ0v) is 19.5. The third-order valence-corrected chi connectivity index (χ3v) is 4.62. The van der Waals surface area contributed by atoms with Crippen molar-refractivity contribution >= 4 is 18.2 Å². The number of nitrogens with zero attached hydrogens (tertiary/aromatic N) is 2. The summed E-state index contributed by atoms with van der Waals surface area (Å²) >= 11 is 0. The number of rotatable bonds is 7. The van der Waals surface area contributed by atoms with Gasteiger partial charge in [-0.25, -0.2) is 0 Å². The van der Waals surface area contributed by atoms with Crippen molar-refractivity contribution in [3.63, 3.8) is 0 Å². The van der Waals surface area contributed by atoms with Gasteiger partial charge < -0.3 is 30.0 Å². The number of aromatic hydroxyl groups is 1. The van der Waals surface area contributed by atoms with Gasteiger partial charge in [0.2, 0.25) is 0 Å². The molecule has 3 N–H and O–H groups in total. The first-order chi connectivity index (χ1) is 15.7. The lowest BCUT2D eigenvalue weighted by Gasteiger charge is -2.36. The molecule has 0 atom stereocenters. The molecule has 0 saturated carbocycles. The summed E-state index contributed by atoms with van der Waals surface area (Å²) < 4.78 is 5.81. The standard InChI is InChI=1S/C20H27N3O2.C2H2O.C2H6.CH2O/c1-21-17-3-9-20(10-4-17)25-16-2-11-22-12-14-23(15-13-22)18-5-7-19(24)8-6-18;1-2-3;2*1-2/h3-10,21,24H,2,11-16H2,1H3;1,3H;1-2H3;1H2. The van der Waals surface area contributed by atoms with Gasteiger partial charge in [0.15, 0.2) is 0 Å². The van der Waals surface area contributed by atoms with Crippen molar-refractivity contribution in [1.82, 2.24) is 4.90 Å². The van der Waals surface area contributed by atoms with Crippen LogP contribution < -0.4 is 15.0 Å². The maximum Gasteiger partial charge on any atom is 0.119 e. The van der Waals surface area contributed by atoms with E-state index < -0.39 is 0 Å². The Kier molecular flexibility index (Phi) is 16.5. The summed E-state index contributed by atoms with van der Waals surface area (Å²) in [5.74, 6) is 1.25. The molecule has 0 unspecified atom stereocenters. The van der Waals surface area contributed by atoms with Crippen LogP contribution in [0.15, 0.2) is 48.5 Å². The normalized spacial score (nSPS) is 12.4. The highest BCUT2D eigenvalue weighted by Gasteiger charge is 2.16. The van der Waals surface area contributed by atoms with E-state index in [4.69, 9.17) is 14.6 Å². The van der Waals surface area contributed by atoms with Crippen LogP contribution in [0.4, 0.5) is 11.4 Å². The van der Waals surface area contributed by atoms with Crippen LogP contribution in [0.2, 0.25) is 0 Å². The summed E-state index contributed by atoms with van der Waals surface area (Å²) in [4.78, 5) is 12.9. The van der Waals surface area contributed by atoms with Crippen molar-refractivity contribution in [1.29, 1.82) is 0 Å². The van der Waals surface area contributed by atoms with Crippen molar-refractivity contribution in [2.75, 3.05) is 56.6 Å². The molecule has 0 amide bonds. The molecule has 2 aromatic rings. The van der Waals surface area contributed by atoms with E-state index in [1.807, 2.05) is 64.1 Å². The molecule has 1 fully saturated rings. The highest BCUT2D eigenvalue weighted by molar-refractivity contribution is 5.49. The van der Waals surface area contributed by atoms with Gasteiger partial charge in [0.1, 0.15) is 24.4 Å². The largest absolute Gasteiger partial charge is 0.508 e. The third kappa shape index (κ3) is 11.1. The number of phenolic OH excluding ortho intramolecular Hbond substituents is 1. The lowest BCUT2D eigenvalue weighted by molar-refractivity contribution is -0.0980. The number of carbonyl (C=O) groups is 1. The van der Waals surface area contributed by atoms with Crippen LogP contribution in [0, 0.1) is 12.5 Å². The van der Waals surface area contributed by atoms with E-state index in [2.05, 4.69) is 21.5 Å². The molecule has 1 aliphatic rings. The summed E-state index contributed by atoms with van der Waals surface area (Å²) in [6.45, 7) is 12.0. The molecule has 1 aliphatic heterocycles. The SMILES string of the molecule is C#CO.C=O.CC.CNc1ccc(OCCCN2CCN(c3ccc(O)cc3)CC2)cc1. The number of hydrogen-bond acceptors (Lipinski definition) is 7. The lowest BCUT2D eigenvalue weighted by atomic mass is 10.2. The summed E-state index contributed by atoms with van der Waals surface area (Å²) in [5.41, 5.74) is 2.28. The van der Waals surface area contributed by atoms with Gasteiger partial charge in [-0.3, -0.25) is 4.90 Å². The monoisotopic (exact) mass is 443 g/mol. The number of anilines is 2. The quantitative estimate of drug-likeness (QED) is 0.443. The Morgan fingerprint density at radius 2 is 1.56 bits per heavy atom. The molecule has 32 heavy (non-hydrogen) atoms. The summed E-state index contributed by atoms with van der Waals surface area (Å²) in [5, 5.41) is 19.6. The van der Waals surface area contributed by atoms with Crippen molar-refractivity contribution in [2.24, 2.45) is 0 Å². The fraction of sp³-hybridized carbons (Fsp3) is 0.400. The number of carbonyl (C=O) groups excluding carboxylic acids is 1. The van der Waals surface area contributed by atoms with Gasteiger partial charge in [0, 0.05) is 51.1 Å². The molecule has 3 rings (SSSR count). The van der Waals surface area contributed by atoms with Gasteiger partial charge in [-0.1, -0.05) is 20.3 Å². The van der Waals surface area contributed by atoms with E-state index in [1.165, 1.54) is 11.8 Å². The van der Waals surface area contributed by atoms with Gasteiger partial charge in [0.05, 0.1) is 6.61 Å². The maximum atomic E-state index is 9.38. The van der Waals surface area contributed by atoms with Crippen LogP contribution in [-0.2, 0) is 4.79 Å². The van der Waals surface area contributed by atoms with Gasteiger partial charge in [-0.2, -0.15) is 0 Å². The highest BCUT2D eigenvalue weighted by atomic mass is 16.5.